The minimum atomic E-state index is -0.333. The molecule has 3 nitrogen and oxygen atoms in total. The zero-order valence-electron chi connectivity index (χ0n) is 9.86. The van der Waals surface area contributed by atoms with Gasteiger partial charge in [0.25, 0.3) is 0 Å². The second kappa shape index (κ2) is 38.7. The lowest BCUT2D eigenvalue weighted by Crippen LogP contribution is -2.20. The third kappa shape index (κ3) is 97.6. The van der Waals surface area contributed by atoms with E-state index in [-0.39, 0.29) is 5.96 Å². The summed E-state index contributed by atoms with van der Waals surface area (Å²) >= 11 is 0. The van der Waals surface area contributed by atoms with Crippen LogP contribution >= 0.6 is 0 Å². The van der Waals surface area contributed by atoms with Gasteiger partial charge in [-0.2, -0.15) is 0 Å². The molecule has 0 unspecified atom stereocenters. The van der Waals surface area contributed by atoms with E-state index < -0.39 is 0 Å². The first-order chi connectivity index (χ1) is 7.73. The maximum atomic E-state index is 6.06. The number of guanidine groups is 1. The van der Waals surface area contributed by atoms with Gasteiger partial charge in [-0.3, -0.25) is 5.41 Å². The number of nitrogens with one attached hydrogen (secondary N) is 1. The number of benzene rings is 1. The molecule has 0 aliphatic heterocycles. The molecule has 1 aromatic rings. The Morgan fingerprint density at radius 1 is 0.625 bits per heavy atom. The van der Waals surface area contributed by atoms with E-state index >= 15 is 0 Å². The van der Waals surface area contributed by atoms with Crippen LogP contribution in [0.15, 0.2) is 75.9 Å². The smallest absolute Gasteiger partial charge is 0.183 e. The molecule has 0 atom stereocenters. The fraction of sp³-hybridized carbons (Fsp3) is 0. The standard InChI is InChI=1S/C6H6.3C2H4.CH5N3/c1-2-4-6-5-3-1;3*1-2;2-1(3)4/h1-6H;3*1-2H2;(H5,2,3,4). The molecule has 90 valence electrons. The van der Waals surface area contributed by atoms with Crippen molar-refractivity contribution >= 4 is 5.96 Å². The Balaban J connectivity index is -0.0000000639. The van der Waals surface area contributed by atoms with Crippen LogP contribution in [-0.4, -0.2) is 5.96 Å². The molecule has 16 heavy (non-hydrogen) atoms. The van der Waals surface area contributed by atoms with E-state index in [1.54, 1.807) is 0 Å². The van der Waals surface area contributed by atoms with E-state index in [0.717, 1.165) is 0 Å². The number of hydrogen-bond donors (Lipinski definition) is 3. The topological polar surface area (TPSA) is 75.9 Å². The Kier molecular flexibility index (Phi) is 56.8. The first-order valence-corrected chi connectivity index (χ1v) is 4.33. The lowest BCUT2D eigenvalue weighted by atomic mass is 10.4. The molecule has 0 spiro atoms. The predicted octanol–water partition coefficient (Wildman–Crippen LogP) is 2.93. The molecule has 0 fully saturated rings. The first kappa shape index (κ1) is 23.5. The highest BCUT2D eigenvalue weighted by Crippen LogP contribution is 1.79. The van der Waals surface area contributed by atoms with Crippen LogP contribution in [-0.2, 0) is 0 Å². The fourth-order valence-electron chi connectivity index (χ4n) is 0.385. The minimum Gasteiger partial charge on any atom is -0.370 e. The summed E-state index contributed by atoms with van der Waals surface area (Å²) in [4.78, 5) is 0. The van der Waals surface area contributed by atoms with Gasteiger partial charge in [-0.25, -0.2) is 0 Å². The van der Waals surface area contributed by atoms with E-state index in [1.165, 1.54) is 0 Å². The van der Waals surface area contributed by atoms with Gasteiger partial charge in [0.1, 0.15) is 0 Å². The van der Waals surface area contributed by atoms with Crippen LogP contribution in [0.4, 0.5) is 0 Å². The normalized spacial score (nSPS) is 5.25. The highest BCUT2D eigenvalue weighted by atomic mass is 14.9. The zero-order chi connectivity index (χ0) is 13.8. The molecule has 0 bridgehead atoms. The number of hydrogen-bond acceptors (Lipinski definition) is 1. The SMILES string of the molecule is C=C.C=C.C=C.N=C(N)N.c1ccccc1. The van der Waals surface area contributed by atoms with Crippen molar-refractivity contribution in [1.29, 1.82) is 5.41 Å². The minimum absolute atomic E-state index is 0.333. The summed E-state index contributed by atoms with van der Waals surface area (Å²) in [5.41, 5.74) is 8.94. The van der Waals surface area contributed by atoms with Crippen LogP contribution < -0.4 is 11.5 Å². The molecule has 0 saturated carbocycles. The van der Waals surface area contributed by atoms with Gasteiger partial charge in [-0.15, -0.1) is 39.5 Å². The lowest BCUT2D eigenvalue weighted by molar-refractivity contribution is 1.39. The maximum Gasteiger partial charge on any atom is 0.183 e. The summed E-state index contributed by atoms with van der Waals surface area (Å²) in [6.07, 6.45) is 0. The molecule has 5 N–H and O–H groups in total. The Morgan fingerprint density at radius 3 is 0.750 bits per heavy atom. The van der Waals surface area contributed by atoms with Gasteiger partial charge in [0, 0.05) is 0 Å². The van der Waals surface area contributed by atoms with Crippen molar-refractivity contribution < 1.29 is 0 Å². The van der Waals surface area contributed by atoms with Gasteiger partial charge in [0.05, 0.1) is 0 Å². The molecule has 0 aliphatic rings. The Hall–Kier alpha value is -2.29. The fourth-order valence-corrected chi connectivity index (χ4v) is 0.385. The van der Waals surface area contributed by atoms with Crippen LogP contribution in [0.5, 0.6) is 0 Å². The van der Waals surface area contributed by atoms with Crippen LogP contribution in [0.25, 0.3) is 0 Å². The van der Waals surface area contributed by atoms with Crippen LogP contribution in [0.2, 0.25) is 0 Å². The molecule has 0 amide bonds. The van der Waals surface area contributed by atoms with Gasteiger partial charge in [-0.1, -0.05) is 36.4 Å². The van der Waals surface area contributed by atoms with Crippen molar-refractivity contribution in [2.24, 2.45) is 11.5 Å². The molecule has 0 heterocycles. The summed E-state index contributed by atoms with van der Waals surface area (Å²) < 4.78 is 0. The van der Waals surface area contributed by atoms with Crippen molar-refractivity contribution in [3.05, 3.63) is 75.9 Å². The Labute approximate surface area is 99.3 Å². The quantitative estimate of drug-likeness (QED) is 0.358. The van der Waals surface area contributed by atoms with Crippen molar-refractivity contribution in [3.8, 4) is 0 Å². The second-order valence-corrected chi connectivity index (χ2v) is 1.61. The van der Waals surface area contributed by atoms with E-state index in [9.17, 15) is 0 Å². The van der Waals surface area contributed by atoms with Gasteiger partial charge < -0.3 is 11.5 Å². The molecular formula is C13H23N3. The number of nitrogens with two attached hydrogens (primary N) is 2. The van der Waals surface area contributed by atoms with Gasteiger partial charge in [0.2, 0.25) is 0 Å². The molecule has 0 saturated heterocycles. The zero-order valence-corrected chi connectivity index (χ0v) is 9.86. The van der Waals surface area contributed by atoms with Gasteiger partial charge in [-0.05, 0) is 0 Å². The predicted molar refractivity (Wildman–Crippen MR) is 76.3 cm³/mol. The van der Waals surface area contributed by atoms with Crippen LogP contribution in [0.1, 0.15) is 0 Å². The number of rotatable bonds is 0. The van der Waals surface area contributed by atoms with E-state index in [2.05, 4.69) is 50.9 Å². The van der Waals surface area contributed by atoms with Gasteiger partial charge >= 0.3 is 0 Å². The lowest BCUT2D eigenvalue weighted by Gasteiger charge is -1.69. The van der Waals surface area contributed by atoms with Crippen LogP contribution in [0.3, 0.4) is 0 Å². The molecule has 1 rings (SSSR count). The maximum absolute atomic E-state index is 6.06. The molecule has 1 aromatic carbocycles. The Morgan fingerprint density at radius 2 is 0.688 bits per heavy atom. The largest absolute Gasteiger partial charge is 0.370 e. The van der Waals surface area contributed by atoms with E-state index in [1.807, 2.05) is 36.4 Å². The molecule has 0 aromatic heterocycles. The average molecular weight is 221 g/mol. The Bertz CT molecular complexity index is 174. The van der Waals surface area contributed by atoms with Crippen molar-refractivity contribution in [2.75, 3.05) is 0 Å². The van der Waals surface area contributed by atoms with Crippen molar-refractivity contribution in [3.63, 3.8) is 0 Å². The third-order valence-corrected chi connectivity index (χ3v) is 0.667. The van der Waals surface area contributed by atoms with Crippen LogP contribution in [0, 0.1) is 5.41 Å². The third-order valence-electron chi connectivity index (χ3n) is 0.667. The second-order valence-electron chi connectivity index (χ2n) is 1.61. The molecule has 0 radical (unpaired) electrons. The summed E-state index contributed by atoms with van der Waals surface area (Å²) in [6.45, 7) is 18.0. The summed E-state index contributed by atoms with van der Waals surface area (Å²) in [7, 11) is 0. The highest BCUT2D eigenvalue weighted by Gasteiger charge is 1.57. The first-order valence-electron chi connectivity index (χ1n) is 4.33. The summed E-state index contributed by atoms with van der Waals surface area (Å²) in [6, 6.07) is 12.0. The van der Waals surface area contributed by atoms with E-state index in [4.69, 9.17) is 5.41 Å². The molecule has 0 aliphatic carbocycles. The summed E-state index contributed by atoms with van der Waals surface area (Å²) in [5, 5.41) is 6.06. The van der Waals surface area contributed by atoms with E-state index in [0.29, 0.717) is 0 Å². The molecular weight excluding hydrogens is 198 g/mol. The molecule has 3 heteroatoms. The highest BCUT2D eigenvalue weighted by molar-refractivity contribution is 5.71. The monoisotopic (exact) mass is 221 g/mol. The van der Waals surface area contributed by atoms with Crippen molar-refractivity contribution in [2.45, 2.75) is 0 Å². The van der Waals surface area contributed by atoms with Gasteiger partial charge in [0.15, 0.2) is 5.96 Å². The average Bonchev–Trinajstić information content (AvgIpc) is 2.38. The summed E-state index contributed by atoms with van der Waals surface area (Å²) in [5.74, 6) is -0.333. The van der Waals surface area contributed by atoms with Crippen molar-refractivity contribution in [1.82, 2.24) is 0 Å².